The first kappa shape index (κ1) is 29.2. The molecule has 1 aromatic heterocycles. The maximum absolute atomic E-state index is 13.5. The van der Waals surface area contributed by atoms with Gasteiger partial charge in [-0.2, -0.15) is 13.2 Å². The lowest BCUT2D eigenvalue weighted by Crippen LogP contribution is -2.14. The largest absolute Gasteiger partial charge is 0.489 e. The number of anilines is 2. The van der Waals surface area contributed by atoms with Gasteiger partial charge in [-0.1, -0.05) is 72.8 Å². The minimum Gasteiger partial charge on any atom is -0.489 e. The van der Waals surface area contributed by atoms with Gasteiger partial charge >= 0.3 is 6.18 Å². The third kappa shape index (κ3) is 6.95. The molecule has 1 heterocycles. The molecular weight excluding hydrogens is 555 g/mol. The average molecular weight is 584 g/mol. The van der Waals surface area contributed by atoms with Gasteiger partial charge in [-0.3, -0.25) is 9.59 Å². The van der Waals surface area contributed by atoms with Gasteiger partial charge in [0.1, 0.15) is 18.2 Å². The minimum atomic E-state index is -4.46. The molecule has 0 aliphatic heterocycles. The molecule has 218 valence electrons. The molecule has 0 atom stereocenters. The van der Waals surface area contributed by atoms with E-state index in [1.54, 1.807) is 42.1 Å². The van der Waals surface area contributed by atoms with Crippen molar-refractivity contribution in [2.75, 3.05) is 10.6 Å². The van der Waals surface area contributed by atoms with Crippen LogP contribution in [0.1, 0.15) is 32.6 Å². The molecule has 0 aliphatic rings. The molecule has 0 bridgehead atoms. The van der Waals surface area contributed by atoms with E-state index in [4.69, 9.17) is 4.74 Å². The zero-order chi connectivity index (χ0) is 30.4. The number of aromatic nitrogens is 1. The molecule has 0 radical (unpaired) electrons. The summed E-state index contributed by atoms with van der Waals surface area (Å²) in [5.41, 5.74) is 3.65. The summed E-state index contributed by atoms with van der Waals surface area (Å²) in [5, 5.41) is 5.66. The van der Waals surface area contributed by atoms with Gasteiger partial charge in [0.2, 0.25) is 6.41 Å². The topological polar surface area (TPSA) is 72.4 Å². The third-order valence-corrected chi connectivity index (χ3v) is 6.98. The second kappa shape index (κ2) is 12.7. The van der Waals surface area contributed by atoms with Gasteiger partial charge < -0.3 is 19.9 Å². The highest BCUT2D eigenvalue weighted by Gasteiger charge is 2.30. The highest BCUT2D eigenvalue weighted by molar-refractivity contribution is 6.09. The Bertz CT molecular complexity index is 1710. The van der Waals surface area contributed by atoms with Crippen molar-refractivity contribution in [2.45, 2.75) is 19.2 Å². The number of carbonyl (C=O) groups is 2. The van der Waals surface area contributed by atoms with Crippen molar-refractivity contribution in [3.63, 3.8) is 0 Å². The van der Waals surface area contributed by atoms with Crippen LogP contribution in [-0.4, -0.2) is 16.9 Å². The van der Waals surface area contributed by atoms with Crippen LogP contribution in [0.15, 0.2) is 109 Å². The molecule has 4 aromatic carbocycles. The van der Waals surface area contributed by atoms with Gasteiger partial charge in [0.15, 0.2) is 0 Å². The number of ether oxygens (including phenoxy) is 1. The SMILES string of the molecule is Cn1cc(NC(=O)c2ccccc2-c2ccc(C(F)(F)F)cc2)c(Cc2ccc(OCc3ccccc3)cc2)c1NC=O. The van der Waals surface area contributed by atoms with E-state index in [9.17, 15) is 22.8 Å². The van der Waals surface area contributed by atoms with Crippen LogP contribution < -0.4 is 15.4 Å². The maximum Gasteiger partial charge on any atom is 0.416 e. The zero-order valence-electron chi connectivity index (χ0n) is 23.2. The number of hydrogen-bond donors (Lipinski definition) is 2. The summed E-state index contributed by atoms with van der Waals surface area (Å²) in [4.78, 5) is 25.0. The minimum absolute atomic E-state index is 0.293. The van der Waals surface area contributed by atoms with Crippen molar-refractivity contribution >= 4 is 23.8 Å². The zero-order valence-corrected chi connectivity index (χ0v) is 23.2. The van der Waals surface area contributed by atoms with Crippen LogP contribution in [0, 0.1) is 0 Å². The van der Waals surface area contributed by atoms with Crippen molar-refractivity contribution in [1.82, 2.24) is 4.57 Å². The van der Waals surface area contributed by atoms with Crippen LogP contribution >= 0.6 is 0 Å². The highest BCUT2D eigenvalue weighted by atomic mass is 19.4. The van der Waals surface area contributed by atoms with Gasteiger partial charge in [-0.15, -0.1) is 0 Å². The Morgan fingerprint density at radius 3 is 2.21 bits per heavy atom. The first-order chi connectivity index (χ1) is 20.7. The Morgan fingerprint density at radius 1 is 0.860 bits per heavy atom. The van der Waals surface area contributed by atoms with Crippen LogP contribution in [0.4, 0.5) is 24.7 Å². The molecule has 9 heteroatoms. The standard InChI is InChI=1S/C34H28F3N3O3/c1-40-20-31(39-33(42)29-10-6-5-9-28(29)25-13-15-26(16-14-25)34(35,36)37)30(32(40)38-22-41)19-23-11-17-27(18-12-23)43-21-24-7-3-2-4-8-24/h2-18,20,22H,19,21H2,1H3,(H,38,41)(H,39,42). The summed E-state index contributed by atoms with van der Waals surface area (Å²) in [6.07, 6.45) is -1.78. The average Bonchev–Trinajstić information content (AvgIpc) is 3.29. The molecule has 0 saturated heterocycles. The Hall–Kier alpha value is -5.31. The monoisotopic (exact) mass is 583 g/mol. The Morgan fingerprint density at radius 2 is 1.53 bits per heavy atom. The molecule has 0 aliphatic carbocycles. The number of benzene rings is 4. The number of alkyl halides is 3. The van der Waals surface area contributed by atoms with Crippen molar-refractivity contribution < 1.29 is 27.5 Å². The molecule has 2 N–H and O–H groups in total. The van der Waals surface area contributed by atoms with Crippen LogP contribution in [-0.2, 0) is 31.0 Å². The summed E-state index contributed by atoms with van der Waals surface area (Å²) in [6.45, 7) is 0.441. The van der Waals surface area contributed by atoms with E-state index in [0.717, 1.165) is 23.3 Å². The van der Waals surface area contributed by atoms with Gasteiger partial charge in [0, 0.05) is 30.8 Å². The van der Waals surface area contributed by atoms with Gasteiger partial charge in [-0.05, 0) is 52.6 Å². The fraction of sp³-hybridized carbons (Fsp3) is 0.118. The Labute approximate surface area is 246 Å². The first-order valence-corrected chi connectivity index (χ1v) is 13.4. The number of hydrogen-bond acceptors (Lipinski definition) is 3. The van der Waals surface area contributed by atoms with Crippen LogP contribution in [0.25, 0.3) is 11.1 Å². The number of rotatable bonds is 10. The fourth-order valence-electron chi connectivity index (χ4n) is 4.82. The quantitative estimate of drug-likeness (QED) is 0.166. The Kier molecular flexibility index (Phi) is 8.61. The van der Waals surface area contributed by atoms with E-state index in [-0.39, 0.29) is 0 Å². The summed E-state index contributed by atoms with van der Waals surface area (Å²) in [6, 6.07) is 28.8. The molecule has 0 saturated carbocycles. The van der Waals surface area contributed by atoms with E-state index in [2.05, 4.69) is 10.6 Å². The van der Waals surface area contributed by atoms with Gasteiger partial charge in [0.05, 0.1) is 11.3 Å². The summed E-state index contributed by atoms with van der Waals surface area (Å²) in [7, 11) is 1.75. The smallest absolute Gasteiger partial charge is 0.416 e. The predicted octanol–water partition coefficient (Wildman–Crippen LogP) is 7.70. The summed E-state index contributed by atoms with van der Waals surface area (Å²) < 4.78 is 46.8. The van der Waals surface area contributed by atoms with Gasteiger partial charge in [0.25, 0.3) is 5.91 Å². The molecular formula is C34H28F3N3O3. The van der Waals surface area contributed by atoms with Crippen LogP contribution in [0.3, 0.4) is 0 Å². The first-order valence-electron chi connectivity index (χ1n) is 13.4. The van der Waals surface area contributed by atoms with E-state index in [1.807, 2.05) is 54.6 Å². The molecule has 43 heavy (non-hydrogen) atoms. The number of nitrogens with zero attached hydrogens (tertiary/aromatic N) is 1. The lowest BCUT2D eigenvalue weighted by Gasteiger charge is -2.13. The molecule has 5 rings (SSSR count). The van der Waals surface area contributed by atoms with Crippen molar-refractivity contribution in [3.8, 4) is 16.9 Å². The number of amides is 2. The summed E-state index contributed by atoms with van der Waals surface area (Å²) in [5.74, 6) is 0.788. The van der Waals surface area contributed by atoms with Crippen molar-refractivity contribution in [1.29, 1.82) is 0 Å². The fourth-order valence-corrected chi connectivity index (χ4v) is 4.82. The van der Waals surface area contributed by atoms with Crippen LogP contribution in [0.5, 0.6) is 5.75 Å². The summed E-state index contributed by atoms with van der Waals surface area (Å²) >= 11 is 0. The van der Waals surface area contributed by atoms with E-state index in [0.29, 0.717) is 58.9 Å². The maximum atomic E-state index is 13.5. The van der Waals surface area contributed by atoms with E-state index < -0.39 is 17.6 Å². The second-order valence-corrected chi connectivity index (χ2v) is 9.91. The number of aryl methyl sites for hydroxylation is 1. The molecule has 0 spiro atoms. The van der Waals surface area contributed by atoms with E-state index >= 15 is 0 Å². The number of halogens is 3. The van der Waals surface area contributed by atoms with E-state index in [1.165, 1.54) is 12.1 Å². The highest BCUT2D eigenvalue weighted by Crippen LogP contribution is 2.33. The van der Waals surface area contributed by atoms with Gasteiger partial charge in [-0.25, -0.2) is 0 Å². The molecule has 0 unspecified atom stereocenters. The molecule has 2 amide bonds. The number of carbonyl (C=O) groups excluding carboxylic acids is 2. The predicted molar refractivity (Wildman–Crippen MR) is 160 cm³/mol. The molecule has 6 nitrogen and oxygen atoms in total. The van der Waals surface area contributed by atoms with Crippen molar-refractivity contribution in [2.24, 2.45) is 7.05 Å². The number of nitrogens with one attached hydrogen (secondary N) is 2. The van der Waals surface area contributed by atoms with Crippen LogP contribution in [0.2, 0.25) is 0 Å². The lowest BCUT2D eigenvalue weighted by molar-refractivity contribution is -0.137. The second-order valence-electron chi connectivity index (χ2n) is 9.91. The molecule has 0 fully saturated rings. The van der Waals surface area contributed by atoms with Crippen molar-refractivity contribution in [3.05, 3.63) is 137 Å². The lowest BCUT2D eigenvalue weighted by atomic mass is 9.98. The molecule has 5 aromatic rings. The Balaban J connectivity index is 1.37. The third-order valence-electron chi connectivity index (χ3n) is 6.98. The normalized spacial score (nSPS) is 11.2.